The Bertz CT molecular complexity index is 803. The number of aryl methyl sites for hydroxylation is 2. The van der Waals surface area contributed by atoms with E-state index in [9.17, 15) is 14.9 Å². The summed E-state index contributed by atoms with van der Waals surface area (Å²) in [6.07, 6.45) is 0.618. The Balaban J connectivity index is 1.81. The number of ether oxygens (including phenoxy) is 2. The van der Waals surface area contributed by atoms with Gasteiger partial charge in [-0.25, -0.2) is 4.79 Å². The van der Waals surface area contributed by atoms with E-state index in [0.29, 0.717) is 25.3 Å². The SMILES string of the molecule is COc1ccc([N+](=O)[O-])cc1NC(=O)NCCCOc1c(C)cccc1C. The molecule has 8 nitrogen and oxygen atoms in total. The van der Waals surface area contributed by atoms with Crippen LogP contribution in [0.15, 0.2) is 36.4 Å². The summed E-state index contributed by atoms with van der Waals surface area (Å²) < 4.78 is 10.9. The predicted octanol–water partition coefficient (Wildman–Crippen LogP) is 3.81. The van der Waals surface area contributed by atoms with E-state index < -0.39 is 11.0 Å². The Labute approximate surface area is 157 Å². The van der Waals surface area contributed by atoms with Gasteiger partial charge in [0.2, 0.25) is 0 Å². The van der Waals surface area contributed by atoms with Crippen LogP contribution in [0.25, 0.3) is 0 Å². The molecule has 0 radical (unpaired) electrons. The van der Waals surface area contributed by atoms with Crippen molar-refractivity contribution in [3.8, 4) is 11.5 Å². The normalized spacial score (nSPS) is 10.2. The fourth-order valence-electron chi connectivity index (χ4n) is 2.55. The van der Waals surface area contributed by atoms with Crippen molar-refractivity contribution >= 4 is 17.4 Å². The summed E-state index contributed by atoms with van der Waals surface area (Å²) in [4.78, 5) is 22.4. The fourth-order valence-corrected chi connectivity index (χ4v) is 2.55. The lowest BCUT2D eigenvalue weighted by Crippen LogP contribution is -2.30. The fraction of sp³-hybridized carbons (Fsp3) is 0.316. The van der Waals surface area contributed by atoms with Crippen LogP contribution < -0.4 is 20.1 Å². The molecule has 0 unspecified atom stereocenters. The second-order valence-corrected chi connectivity index (χ2v) is 5.95. The molecule has 144 valence electrons. The molecule has 0 heterocycles. The van der Waals surface area contributed by atoms with E-state index in [1.165, 1.54) is 25.3 Å². The molecule has 8 heteroatoms. The van der Waals surface area contributed by atoms with Crippen LogP contribution in [0.3, 0.4) is 0 Å². The molecular weight excluding hydrogens is 350 g/mol. The molecule has 2 N–H and O–H groups in total. The molecule has 0 aliphatic heterocycles. The van der Waals surface area contributed by atoms with Crippen molar-refractivity contribution < 1.29 is 19.2 Å². The smallest absolute Gasteiger partial charge is 0.319 e. The molecule has 27 heavy (non-hydrogen) atoms. The predicted molar refractivity (Wildman–Crippen MR) is 103 cm³/mol. The van der Waals surface area contributed by atoms with Crippen molar-refractivity contribution in [3.05, 3.63) is 57.6 Å². The average Bonchev–Trinajstić information content (AvgIpc) is 2.63. The number of amides is 2. The van der Waals surface area contributed by atoms with Crippen LogP contribution in [0.5, 0.6) is 11.5 Å². The second kappa shape index (κ2) is 9.42. The highest BCUT2D eigenvalue weighted by Gasteiger charge is 2.13. The lowest BCUT2D eigenvalue weighted by molar-refractivity contribution is -0.384. The molecule has 2 amide bonds. The quantitative estimate of drug-likeness (QED) is 0.416. The Hall–Kier alpha value is -3.29. The summed E-state index contributed by atoms with van der Waals surface area (Å²) in [5, 5.41) is 16.1. The minimum atomic E-state index is -0.534. The van der Waals surface area contributed by atoms with Gasteiger partial charge in [0.15, 0.2) is 0 Å². The van der Waals surface area contributed by atoms with Gasteiger partial charge in [-0.05, 0) is 37.5 Å². The van der Waals surface area contributed by atoms with Crippen molar-refractivity contribution in [2.45, 2.75) is 20.3 Å². The minimum absolute atomic E-state index is 0.131. The summed E-state index contributed by atoms with van der Waals surface area (Å²) in [6.45, 7) is 4.83. The number of non-ortho nitro benzene ring substituents is 1. The van der Waals surface area contributed by atoms with E-state index in [0.717, 1.165) is 16.9 Å². The Morgan fingerprint density at radius 2 is 1.89 bits per heavy atom. The number of para-hydroxylation sites is 1. The number of urea groups is 1. The maximum atomic E-state index is 12.0. The van der Waals surface area contributed by atoms with Gasteiger partial charge in [0.1, 0.15) is 11.5 Å². The number of rotatable bonds is 8. The van der Waals surface area contributed by atoms with Gasteiger partial charge in [0, 0.05) is 18.7 Å². The molecule has 0 bridgehead atoms. The summed E-state index contributed by atoms with van der Waals surface area (Å²) in [5.41, 5.74) is 2.24. The average molecular weight is 373 g/mol. The first-order valence-corrected chi connectivity index (χ1v) is 8.48. The van der Waals surface area contributed by atoms with Crippen molar-refractivity contribution in [2.75, 3.05) is 25.6 Å². The van der Waals surface area contributed by atoms with E-state index in [-0.39, 0.29) is 11.4 Å². The summed E-state index contributed by atoms with van der Waals surface area (Å²) in [5.74, 6) is 1.21. The molecule has 0 aliphatic rings. The third-order valence-corrected chi connectivity index (χ3v) is 3.90. The van der Waals surface area contributed by atoms with Crippen molar-refractivity contribution in [3.63, 3.8) is 0 Å². The summed E-state index contributed by atoms with van der Waals surface area (Å²) in [7, 11) is 1.43. The molecule has 0 fully saturated rings. The highest BCUT2D eigenvalue weighted by molar-refractivity contribution is 5.91. The third-order valence-electron chi connectivity index (χ3n) is 3.90. The zero-order valence-electron chi connectivity index (χ0n) is 15.6. The lowest BCUT2D eigenvalue weighted by atomic mass is 10.1. The Kier molecular flexibility index (Phi) is 6.99. The maximum Gasteiger partial charge on any atom is 0.319 e. The van der Waals surface area contributed by atoms with Crippen LogP contribution in [0.1, 0.15) is 17.5 Å². The molecule has 2 rings (SSSR count). The van der Waals surface area contributed by atoms with Gasteiger partial charge >= 0.3 is 6.03 Å². The van der Waals surface area contributed by atoms with Gasteiger partial charge in [-0.1, -0.05) is 18.2 Å². The number of nitro groups is 1. The first-order valence-electron chi connectivity index (χ1n) is 8.48. The Morgan fingerprint density at radius 1 is 1.19 bits per heavy atom. The van der Waals surface area contributed by atoms with Crippen molar-refractivity contribution in [1.29, 1.82) is 0 Å². The van der Waals surface area contributed by atoms with Gasteiger partial charge in [-0.3, -0.25) is 10.1 Å². The van der Waals surface area contributed by atoms with Gasteiger partial charge in [-0.15, -0.1) is 0 Å². The number of hydrogen-bond acceptors (Lipinski definition) is 5. The van der Waals surface area contributed by atoms with E-state index in [1.54, 1.807) is 0 Å². The highest BCUT2D eigenvalue weighted by atomic mass is 16.6. The van der Waals surface area contributed by atoms with Crippen molar-refractivity contribution in [1.82, 2.24) is 5.32 Å². The molecule has 0 saturated carbocycles. The first kappa shape index (κ1) is 20.0. The van der Waals surface area contributed by atoms with Crippen LogP contribution >= 0.6 is 0 Å². The first-order chi connectivity index (χ1) is 12.9. The number of methoxy groups -OCH3 is 1. The van der Waals surface area contributed by atoms with E-state index >= 15 is 0 Å². The van der Waals surface area contributed by atoms with Crippen LogP contribution in [0.4, 0.5) is 16.2 Å². The molecule has 2 aromatic rings. The third kappa shape index (κ3) is 5.60. The van der Waals surface area contributed by atoms with Crippen LogP contribution in [0.2, 0.25) is 0 Å². The summed E-state index contributed by atoms with van der Waals surface area (Å²) >= 11 is 0. The zero-order valence-corrected chi connectivity index (χ0v) is 15.6. The topological polar surface area (TPSA) is 103 Å². The number of benzene rings is 2. The van der Waals surface area contributed by atoms with Crippen LogP contribution in [-0.2, 0) is 0 Å². The molecule has 0 atom stereocenters. The van der Waals surface area contributed by atoms with Gasteiger partial charge < -0.3 is 20.1 Å². The minimum Gasteiger partial charge on any atom is -0.495 e. The molecule has 0 spiro atoms. The van der Waals surface area contributed by atoms with E-state index in [1.807, 2.05) is 32.0 Å². The van der Waals surface area contributed by atoms with Crippen molar-refractivity contribution in [2.24, 2.45) is 0 Å². The number of nitrogens with one attached hydrogen (secondary N) is 2. The maximum absolute atomic E-state index is 12.0. The second-order valence-electron chi connectivity index (χ2n) is 5.95. The largest absolute Gasteiger partial charge is 0.495 e. The highest BCUT2D eigenvalue weighted by Crippen LogP contribution is 2.28. The van der Waals surface area contributed by atoms with Crippen LogP contribution in [0, 0.1) is 24.0 Å². The number of carbonyl (C=O) groups is 1. The molecule has 0 aromatic heterocycles. The number of nitro benzene ring substituents is 1. The van der Waals surface area contributed by atoms with E-state index in [4.69, 9.17) is 9.47 Å². The van der Waals surface area contributed by atoms with Gasteiger partial charge in [-0.2, -0.15) is 0 Å². The zero-order chi connectivity index (χ0) is 19.8. The number of hydrogen-bond donors (Lipinski definition) is 2. The van der Waals surface area contributed by atoms with E-state index in [2.05, 4.69) is 10.6 Å². The standard InChI is InChI=1S/C19H23N3O5/c1-13-6-4-7-14(2)18(13)27-11-5-10-20-19(23)21-16-12-15(22(24)25)8-9-17(16)26-3/h4,6-9,12H,5,10-11H2,1-3H3,(H2,20,21,23). The number of anilines is 1. The Morgan fingerprint density at radius 3 is 2.52 bits per heavy atom. The summed E-state index contributed by atoms with van der Waals surface area (Å²) in [6, 6.07) is 9.48. The van der Waals surface area contributed by atoms with Gasteiger partial charge in [0.05, 0.1) is 24.3 Å². The molecular formula is C19H23N3O5. The van der Waals surface area contributed by atoms with Crippen LogP contribution in [-0.4, -0.2) is 31.2 Å². The number of nitrogens with zero attached hydrogens (tertiary/aromatic N) is 1. The lowest BCUT2D eigenvalue weighted by Gasteiger charge is -2.13. The monoisotopic (exact) mass is 373 g/mol. The molecule has 0 aliphatic carbocycles. The molecule has 2 aromatic carbocycles. The molecule has 0 saturated heterocycles. The van der Waals surface area contributed by atoms with Gasteiger partial charge in [0.25, 0.3) is 5.69 Å². The number of carbonyl (C=O) groups excluding carboxylic acids is 1.